The molecule has 1 fully saturated rings. The molecule has 0 atom stereocenters. The van der Waals surface area contributed by atoms with Crippen molar-refractivity contribution in [2.75, 3.05) is 31.6 Å². The Morgan fingerprint density at radius 3 is 2.61 bits per heavy atom. The van der Waals surface area contributed by atoms with E-state index in [1.165, 1.54) is 25.9 Å². The highest BCUT2D eigenvalue weighted by Gasteiger charge is 2.22. The number of hydrogen-bond donors (Lipinski definition) is 0. The Hall–Kier alpha value is -1.53. The highest BCUT2D eigenvalue weighted by atomic mass is 15.2. The topological polar surface area (TPSA) is 30.3 Å². The van der Waals surface area contributed by atoms with Gasteiger partial charge >= 0.3 is 0 Å². The van der Waals surface area contributed by atoms with Gasteiger partial charge < -0.3 is 9.80 Å². The summed E-state index contributed by atoms with van der Waals surface area (Å²) in [4.78, 5) is 4.77. The van der Waals surface area contributed by atoms with Gasteiger partial charge in [-0.3, -0.25) is 0 Å². The second-order valence-corrected chi connectivity index (χ2v) is 4.91. The van der Waals surface area contributed by atoms with E-state index >= 15 is 0 Å². The lowest BCUT2D eigenvalue weighted by molar-refractivity contribution is 0.221. The molecule has 0 aliphatic carbocycles. The van der Waals surface area contributed by atoms with Crippen LogP contribution in [0.15, 0.2) is 24.3 Å². The Bertz CT molecular complexity index is 428. The minimum absolute atomic E-state index is 0.558. The molecular weight excluding hydrogens is 222 g/mol. The maximum atomic E-state index is 9.16. The van der Waals surface area contributed by atoms with Crippen molar-refractivity contribution in [1.82, 2.24) is 4.90 Å². The quantitative estimate of drug-likeness (QED) is 0.817. The SMILES string of the molecule is CCN1CCC(N(C)c2ccccc2C#N)CC1. The van der Waals surface area contributed by atoms with E-state index in [9.17, 15) is 0 Å². The molecule has 0 radical (unpaired) electrons. The molecule has 0 bridgehead atoms. The van der Waals surface area contributed by atoms with Crippen LogP contribution in [0.3, 0.4) is 0 Å². The van der Waals surface area contributed by atoms with E-state index in [0.29, 0.717) is 6.04 Å². The van der Waals surface area contributed by atoms with Crippen LogP contribution in [0.25, 0.3) is 0 Å². The number of piperidine rings is 1. The maximum absolute atomic E-state index is 9.16. The number of likely N-dealkylation sites (tertiary alicyclic amines) is 1. The first-order valence-corrected chi connectivity index (χ1v) is 6.70. The number of nitrogens with zero attached hydrogens (tertiary/aromatic N) is 3. The van der Waals surface area contributed by atoms with E-state index in [0.717, 1.165) is 17.8 Å². The van der Waals surface area contributed by atoms with Gasteiger partial charge in [-0.05, 0) is 31.5 Å². The number of benzene rings is 1. The molecule has 1 heterocycles. The van der Waals surface area contributed by atoms with E-state index in [2.05, 4.69) is 29.8 Å². The molecule has 1 aliphatic heterocycles. The summed E-state index contributed by atoms with van der Waals surface area (Å²) in [5.41, 5.74) is 1.84. The molecule has 0 N–H and O–H groups in total. The van der Waals surface area contributed by atoms with Gasteiger partial charge in [0.25, 0.3) is 0 Å². The van der Waals surface area contributed by atoms with Gasteiger partial charge in [-0.15, -0.1) is 0 Å². The summed E-state index contributed by atoms with van der Waals surface area (Å²) in [5.74, 6) is 0. The van der Waals surface area contributed by atoms with Gasteiger partial charge in [0.1, 0.15) is 6.07 Å². The fraction of sp³-hybridized carbons (Fsp3) is 0.533. The van der Waals surface area contributed by atoms with Crippen LogP contribution in [-0.4, -0.2) is 37.6 Å². The maximum Gasteiger partial charge on any atom is 0.101 e. The van der Waals surface area contributed by atoms with E-state index in [4.69, 9.17) is 5.26 Å². The molecule has 3 heteroatoms. The highest BCUT2D eigenvalue weighted by molar-refractivity contribution is 5.59. The number of rotatable bonds is 3. The molecule has 1 aromatic carbocycles. The van der Waals surface area contributed by atoms with Crippen molar-refractivity contribution in [3.8, 4) is 6.07 Å². The van der Waals surface area contributed by atoms with Crippen molar-refractivity contribution in [1.29, 1.82) is 5.26 Å². The van der Waals surface area contributed by atoms with Crippen molar-refractivity contribution in [3.05, 3.63) is 29.8 Å². The molecule has 18 heavy (non-hydrogen) atoms. The lowest BCUT2D eigenvalue weighted by Crippen LogP contribution is -2.43. The second-order valence-electron chi connectivity index (χ2n) is 4.91. The lowest BCUT2D eigenvalue weighted by atomic mass is 10.0. The molecule has 0 aromatic heterocycles. The third kappa shape index (κ3) is 2.65. The number of nitriles is 1. The summed E-state index contributed by atoms with van der Waals surface area (Å²) in [5, 5.41) is 9.16. The molecule has 1 aliphatic rings. The van der Waals surface area contributed by atoms with E-state index in [1.54, 1.807) is 0 Å². The standard InChI is InChI=1S/C15H21N3/c1-3-18-10-8-14(9-11-18)17(2)15-7-5-4-6-13(15)12-16/h4-7,14H,3,8-11H2,1-2H3. The summed E-state index contributed by atoms with van der Waals surface area (Å²) in [6, 6.07) is 10.7. The molecular formula is C15H21N3. The van der Waals surface area contributed by atoms with Gasteiger partial charge in [0.2, 0.25) is 0 Å². The van der Waals surface area contributed by atoms with E-state index in [-0.39, 0.29) is 0 Å². The van der Waals surface area contributed by atoms with Crippen molar-refractivity contribution in [3.63, 3.8) is 0 Å². The van der Waals surface area contributed by atoms with Crippen molar-refractivity contribution in [2.24, 2.45) is 0 Å². The predicted molar refractivity (Wildman–Crippen MR) is 74.7 cm³/mol. The zero-order chi connectivity index (χ0) is 13.0. The molecule has 1 saturated heterocycles. The zero-order valence-corrected chi connectivity index (χ0v) is 11.3. The van der Waals surface area contributed by atoms with E-state index in [1.807, 2.05) is 24.3 Å². The summed E-state index contributed by atoms with van der Waals surface area (Å²) < 4.78 is 0. The van der Waals surface area contributed by atoms with Crippen LogP contribution in [-0.2, 0) is 0 Å². The minimum Gasteiger partial charge on any atom is -0.370 e. The largest absolute Gasteiger partial charge is 0.370 e. The third-order valence-electron chi connectivity index (χ3n) is 3.96. The predicted octanol–water partition coefficient (Wildman–Crippen LogP) is 2.48. The van der Waals surface area contributed by atoms with Crippen molar-refractivity contribution >= 4 is 5.69 Å². The summed E-state index contributed by atoms with van der Waals surface area (Å²) in [7, 11) is 2.11. The van der Waals surface area contributed by atoms with Gasteiger partial charge in [0.15, 0.2) is 0 Å². The van der Waals surface area contributed by atoms with Gasteiger partial charge in [0, 0.05) is 26.2 Å². The molecule has 96 valence electrons. The molecule has 0 unspecified atom stereocenters. The van der Waals surface area contributed by atoms with Crippen LogP contribution in [0.4, 0.5) is 5.69 Å². The molecule has 0 spiro atoms. The zero-order valence-electron chi connectivity index (χ0n) is 11.3. The lowest BCUT2D eigenvalue weighted by Gasteiger charge is -2.37. The molecule has 0 amide bonds. The Kier molecular flexibility index (Phi) is 4.22. The Labute approximate surface area is 110 Å². The monoisotopic (exact) mass is 243 g/mol. The van der Waals surface area contributed by atoms with Crippen LogP contribution in [0.5, 0.6) is 0 Å². The van der Waals surface area contributed by atoms with Crippen LogP contribution < -0.4 is 4.90 Å². The normalized spacial score (nSPS) is 17.4. The first kappa shape index (κ1) is 12.9. The Morgan fingerprint density at radius 1 is 1.33 bits per heavy atom. The average molecular weight is 243 g/mol. The molecule has 2 rings (SSSR count). The smallest absolute Gasteiger partial charge is 0.101 e. The second kappa shape index (κ2) is 5.88. The number of hydrogen-bond acceptors (Lipinski definition) is 3. The minimum atomic E-state index is 0.558. The average Bonchev–Trinajstić information content (AvgIpc) is 2.46. The summed E-state index contributed by atoms with van der Waals surface area (Å²) in [6.45, 7) is 5.70. The first-order valence-electron chi connectivity index (χ1n) is 6.70. The van der Waals surface area contributed by atoms with Gasteiger partial charge in [-0.1, -0.05) is 19.1 Å². The summed E-state index contributed by atoms with van der Waals surface area (Å²) in [6.07, 6.45) is 2.37. The highest BCUT2D eigenvalue weighted by Crippen LogP contribution is 2.24. The molecule has 0 saturated carbocycles. The number of para-hydroxylation sites is 1. The summed E-state index contributed by atoms with van der Waals surface area (Å²) >= 11 is 0. The first-order chi connectivity index (χ1) is 8.76. The van der Waals surface area contributed by atoms with Crippen LogP contribution >= 0.6 is 0 Å². The van der Waals surface area contributed by atoms with Crippen molar-refractivity contribution in [2.45, 2.75) is 25.8 Å². The van der Waals surface area contributed by atoms with Crippen LogP contribution in [0, 0.1) is 11.3 Å². The molecule has 1 aromatic rings. The molecule has 3 nitrogen and oxygen atoms in total. The van der Waals surface area contributed by atoms with Crippen LogP contribution in [0.2, 0.25) is 0 Å². The Balaban J connectivity index is 2.08. The van der Waals surface area contributed by atoms with Crippen LogP contribution in [0.1, 0.15) is 25.3 Å². The van der Waals surface area contributed by atoms with Crippen molar-refractivity contribution < 1.29 is 0 Å². The van der Waals surface area contributed by atoms with Gasteiger partial charge in [-0.2, -0.15) is 5.26 Å². The van der Waals surface area contributed by atoms with Gasteiger partial charge in [0.05, 0.1) is 11.3 Å². The fourth-order valence-corrected chi connectivity index (χ4v) is 2.70. The van der Waals surface area contributed by atoms with E-state index < -0.39 is 0 Å². The third-order valence-corrected chi connectivity index (χ3v) is 3.96. The van der Waals surface area contributed by atoms with Gasteiger partial charge in [-0.25, -0.2) is 0 Å². The fourth-order valence-electron chi connectivity index (χ4n) is 2.70. The Morgan fingerprint density at radius 2 is 2.00 bits per heavy atom. The number of anilines is 1.